The number of nitrogens with zero attached hydrogens (tertiary/aromatic N) is 2. The van der Waals surface area contributed by atoms with E-state index < -0.39 is 0 Å². The van der Waals surface area contributed by atoms with Gasteiger partial charge in [-0.15, -0.1) is 0 Å². The van der Waals surface area contributed by atoms with Gasteiger partial charge >= 0.3 is 0 Å². The monoisotopic (exact) mass is 325 g/mol. The number of benzene rings is 1. The SMILES string of the molecule is CCc1ccc(-c2noc([C@H](C)NC(=O)C3[C@H]4CCC[C@@H]34)n2)cc1. The standard InChI is InChI=1S/C19H23N3O2/c1-3-12-7-9-13(10-8-12)17-21-19(24-22-17)11(2)20-18(23)16-14-5-4-6-15(14)16/h7-11,14-16H,3-6H2,1-2H3,(H,20,23)/t11-,14-,15+,16?/m0/s1. The molecule has 2 saturated carbocycles. The molecule has 5 heteroatoms. The number of aryl methyl sites for hydroxylation is 1. The van der Waals surface area contributed by atoms with Crippen LogP contribution in [0.15, 0.2) is 28.8 Å². The minimum atomic E-state index is -0.255. The number of hydrogen-bond donors (Lipinski definition) is 1. The van der Waals surface area contributed by atoms with Gasteiger partial charge in [-0.05, 0) is 43.6 Å². The number of carbonyl (C=O) groups is 1. The Hall–Kier alpha value is -2.17. The molecular weight excluding hydrogens is 302 g/mol. The quantitative estimate of drug-likeness (QED) is 0.913. The van der Waals surface area contributed by atoms with Gasteiger partial charge in [-0.2, -0.15) is 4.98 Å². The normalized spacial score (nSPS) is 26.0. The van der Waals surface area contributed by atoms with Gasteiger partial charge in [0.1, 0.15) is 6.04 Å². The van der Waals surface area contributed by atoms with E-state index in [0.717, 1.165) is 12.0 Å². The van der Waals surface area contributed by atoms with Gasteiger partial charge in [0.05, 0.1) is 0 Å². The summed E-state index contributed by atoms with van der Waals surface area (Å²) in [5, 5.41) is 7.09. The molecule has 0 aliphatic heterocycles. The third kappa shape index (κ3) is 2.72. The fourth-order valence-electron chi connectivity index (χ4n) is 4.00. The topological polar surface area (TPSA) is 68.0 Å². The van der Waals surface area contributed by atoms with Crippen molar-refractivity contribution in [3.63, 3.8) is 0 Å². The van der Waals surface area contributed by atoms with E-state index in [9.17, 15) is 4.79 Å². The molecule has 1 aromatic heterocycles. The van der Waals surface area contributed by atoms with Crippen molar-refractivity contribution in [2.24, 2.45) is 17.8 Å². The van der Waals surface area contributed by atoms with Gasteiger partial charge in [0.2, 0.25) is 17.6 Å². The Bertz CT molecular complexity index is 727. The Morgan fingerprint density at radius 1 is 1.29 bits per heavy atom. The second-order valence-electron chi connectivity index (χ2n) is 7.02. The molecule has 2 aromatic rings. The molecule has 1 heterocycles. The first-order valence-corrected chi connectivity index (χ1v) is 8.90. The van der Waals surface area contributed by atoms with Gasteiger partial charge in [-0.1, -0.05) is 42.8 Å². The predicted octanol–water partition coefficient (Wildman–Crippen LogP) is 3.52. The van der Waals surface area contributed by atoms with Crippen LogP contribution in [0.5, 0.6) is 0 Å². The highest BCUT2D eigenvalue weighted by Crippen LogP contribution is 2.57. The number of carbonyl (C=O) groups excluding carboxylic acids is 1. The molecule has 126 valence electrons. The number of hydrogen-bond acceptors (Lipinski definition) is 4. The smallest absolute Gasteiger partial charge is 0.249 e. The molecule has 1 aromatic carbocycles. The molecule has 2 aliphatic rings. The van der Waals surface area contributed by atoms with Gasteiger partial charge in [0.25, 0.3) is 0 Å². The first-order chi connectivity index (χ1) is 11.7. The van der Waals surface area contributed by atoms with Gasteiger partial charge < -0.3 is 9.84 Å². The van der Waals surface area contributed by atoms with Crippen molar-refractivity contribution in [1.29, 1.82) is 0 Å². The zero-order valence-electron chi connectivity index (χ0n) is 14.2. The Labute approximate surface area is 141 Å². The minimum absolute atomic E-state index is 0.143. The highest BCUT2D eigenvalue weighted by Gasteiger charge is 2.56. The van der Waals surface area contributed by atoms with Gasteiger partial charge in [0, 0.05) is 11.5 Å². The van der Waals surface area contributed by atoms with Crippen LogP contribution in [-0.2, 0) is 11.2 Å². The van der Waals surface area contributed by atoms with E-state index in [-0.39, 0.29) is 17.9 Å². The second-order valence-corrected chi connectivity index (χ2v) is 7.02. The van der Waals surface area contributed by atoms with Crippen LogP contribution in [-0.4, -0.2) is 16.0 Å². The lowest BCUT2D eigenvalue weighted by molar-refractivity contribution is -0.123. The summed E-state index contributed by atoms with van der Waals surface area (Å²) >= 11 is 0. The van der Waals surface area contributed by atoms with Crippen LogP contribution in [0.1, 0.15) is 50.6 Å². The summed E-state index contributed by atoms with van der Waals surface area (Å²) < 4.78 is 5.36. The van der Waals surface area contributed by atoms with Gasteiger partial charge in [-0.3, -0.25) is 4.79 Å². The first-order valence-electron chi connectivity index (χ1n) is 8.90. The molecule has 0 saturated heterocycles. The first kappa shape index (κ1) is 15.4. The van der Waals surface area contributed by atoms with E-state index in [0.29, 0.717) is 23.6 Å². The lowest BCUT2D eigenvalue weighted by Crippen LogP contribution is -2.29. The highest BCUT2D eigenvalue weighted by atomic mass is 16.5. The minimum Gasteiger partial charge on any atom is -0.344 e. The number of fused-ring (bicyclic) bond motifs is 1. The number of aromatic nitrogens is 2. The third-order valence-corrected chi connectivity index (χ3v) is 5.50. The molecule has 0 radical (unpaired) electrons. The van der Waals surface area contributed by atoms with Crippen molar-refractivity contribution in [3.8, 4) is 11.4 Å². The Morgan fingerprint density at radius 2 is 2.00 bits per heavy atom. The number of rotatable bonds is 5. The van der Waals surface area contributed by atoms with Crippen LogP contribution < -0.4 is 5.32 Å². The van der Waals surface area contributed by atoms with E-state index in [1.54, 1.807) is 0 Å². The highest BCUT2D eigenvalue weighted by molar-refractivity contribution is 5.82. The average Bonchev–Trinajstić information content (AvgIpc) is 3.00. The van der Waals surface area contributed by atoms with Crippen LogP contribution in [0, 0.1) is 17.8 Å². The van der Waals surface area contributed by atoms with Crippen molar-refractivity contribution in [1.82, 2.24) is 15.5 Å². The molecule has 2 fully saturated rings. The van der Waals surface area contributed by atoms with Crippen LogP contribution >= 0.6 is 0 Å². The number of amides is 1. The third-order valence-electron chi connectivity index (χ3n) is 5.50. The molecule has 1 amide bonds. The van der Waals surface area contributed by atoms with Crippen molar-refractivity contribution in [3.05, 3.63) is 35.7 Å². The molecule has 4 rings (SSSR count). The molecule has 4 atom stereocenters. The Morgan fingerprint density at radius 3 is 2.67 bits per heavy atom. The lowest BCUT2D eigenvalue weighted by Gasteiger charge is -2.10. The average molecular weight is 325 g/mol. The molecule has 1 unspecified atom stereocenters. The Kier molecular flexibility index (Phi) is 3.87. The van der Waals surface area contributed by atoms with Crippen molar-refractivity contribution in [2.75, 3.05) is 0 Å². The maximum absolute atomic E-state index is 12.3. The maximum atomic E-state index is 12.3. The van der Waals surface area contributed by atoms with Crippen LogP contribution in [0.3, 0.4) is 0 Å². The largest absolute Gasteiger partial charge is 0.344 e. The van der Waals surface area contributed by atoms with E-state index >= 15 is 0 Å². The summed E-state index contributed by atoms with van der Waals surface area (Å²) in [7, 11) is 0. The van der Waals surface area contributed by atoms with E-state index in [1.807, 2.05) is 19.1 Å². The summed E-state index contributed by atoms with van der Waals surface area (Å²) in [6.07, 6.45) is 4.69. The van der Waals surface area contributed by atoms with Crippen LogP contribution in [0.25, 0.3) is 11.4 Å². The number of nitrogens with one attached hydrogen (secondary N) is 1. The van der Waals surface area contributed by atoms with Crippen molar-refractivity contribution >= 4 is 5.91 Å². The van der Waals surface area contributed by atoms with E-state index in [1.165, 1.54) is 24.8 Å². The molecule has 2 aliphatic carbocycles. The maximum Gasteiger partial charge on any atom is 0.249 e. The van der Waals surface area contributed by atoms with Crippen LogP contribution in [0.2, 0.25) is 0 Å². The second kappa shape index (κ2) is 6.04. The predicted molar refractivity (Wildman–Crippen MR) is 90.0 cm³/mol. The molecule has 1 N–H and O–H groups in total. The van der Waals surface area contributed by atoms with E-state index in [4.69, 9.17) is 4.52 Å². The molecular formula is C19H23N3O2. The fraction of sp³-hybridized carbons (Fsp3) is 0.526. The molecule has 0 spiro atoms. The molecule has 0 bridgehead atoms. The molecule has 5 nitrogen and oxygen atoms in total. The van der Waals surface area contributed by atoms with Crippen LogP contribution in [0.4, 0.5) is 0 Å². The fourth-order valence-corrected chi connectivity index (χ4v) is 4.00. The lowest BCUT2D eigenvalue weighted by atomic mass is 10.1. The Balaban J connectivity index is 1.41. The van der Waals surface area contributed by atoms with Gasteiger partial charge in [0.15, 0.2) is 0 Å². The van der Waals surface area contributed by atoms with Gasteiger partial charge in [-0.25, -0.2) is 0 Å². The summed E-state index contributed by atoms with van der Waals surface area (Å²) in [4.78, 5) is 16.8. The zero-order chi connectivity index (χ0) is 16.7. The summed E-state index contributed by atoms with van der Waals surface area (Å²) in [6, 6.07) is 7.89. The molecule has 24 heavy (non-hydrogen) atoms. The summed E-state index contributed by atoms with van der Waals surface area (Å²) in [5.41, 5.74) is 2.20. The summed E-state index contributed by atoms with van der Waals surface area (Å²) in [6.45, 7) is 4.02. The summed E-state index contributed by atoms with van der Waals surface area (Å²) in [5.74, 6) is 2.62. The van der Waals surface area contributed by atoms with Crippen molar-refractivity contribution in [2.45, 2.75) is 45.6 Å². The van der Waals surface area contributed by atoms with E-state index in [2.05, 4.69) is 34.5 Å². The van der Waals surface area contributed by atoms with Crippen molar-refractivity contribution < 1.29 is 9.32 Å². The zero-order valence-corrected chi connectivity index (χ0v) is 14.2.